The van der Waals surface area contributed by atoms with Gasteiger partial charge in [0.25, 0.3) is 0 Å². The van der Waals surface area contributed by atoms with Gasteiger partial charge in [0.2, 0.25) is 0 Å². The molecule has 2 fully saturated rings. The van der Waals surface area contributed by atoms with E-state index in [2.05, 4.69) is 0 Å². The fraction of sp³-hybridized carbons (Fsp3) is 0.625. The fourth-order valence-electron chi connectivity index (χ4n) is 3.64. The summed E-state index contributed by atoms with van der Waals surface area (Å²) >= 11 is 1.54. The van der Waals surface area contributed by atoms with Crippen molar-refractivity contribution < 1.29 is 14.3 Å². The summed E-state index contributed by atoms with van der Waals surface area (Å²) in [5.41, 5.74) is -1.51. The smallest absolute Gasteiger partial charge is 0.320 e. The number of carbonyl (C=O) groups excluding carboxylic acids is 2. The average Bonchev–Trinajstić information content (AvgIpc) is 2.96. The second-order valence-electron chi connectivity index (χ2n) is 6.49. The van der Waals surface area contributed by atoms with Crippen molar-refractivity contribution in [3.05, 3.63) is 22.4 Å². The van der Waals surface area contributed by atoms with E-state index in [0.717, 1.165) is 24.1 Å². The van der Waals surface area contributed by atoms with E-state index < -0.39 is 16.9 Å². The summed E-state index contributed by atoms with van der Waals surface area (Å²) < 4.78 is 5.76. The largest absolute Gasteiger partial charge is 0.455 e. The third kappa shape index (κ3) is 1.85. The van der Waals surface area contributed by atoms with Crippen molar-refractivity contribution in [3.63, 3.8) is 0 Å². The maximum absolute atomic E-state index is 13.0. The van der Waals surface area contributed by atoms with Crippen molar-refractivity contribution in [3.8, 4) is 0 Å². The van der Waals surface area contributed by atoms with Gasteiger partial charge < -0.3 is 4.74 Å². The van der Waals surface area contributed by atoms with Gasteiger partial charge in [-0.2, -0.15) is 0 Å². The second-order valence-corrected chi connectivity index (χ2v) is 7.47. The van der Waals surface area contributed by atoms with Crippen molar-refractivity contribution in [1.29, 1.82) is 0 Å². The number of esters is 1. The Labute approximate surface area is 123 Å². The molecule has 1 saturated heterocycles. The van der Waals surface area contributed by atoms with E-state index in [0.29, 0.717) is 12.8 Å². The second kappa shape index (κ2) is 4.69. The molecule has 3 rings (SSSR count). The number of hydrogen-bond donors (Lipinski definition) is 0. The molecule has 1 aromatic rings. The number of hydrogen-bond acceptors (Lipinski definition) is 4. The molecule has 20 heavy (non-hydrogen) atoms. The third-order valence-corrected chi connectivity index (χ3v) is 5.72. The van der Waals surface area contributed by atoms with Crippen LogP contribution in [0.2, 0.25) is 0 Å². The van der Waals surface area contributed by atoms with Crippen LogP contribution in [0.5, 0.6) is 0 Å². The highest BCUT2D eigenvalue weighted by Gasteiger charge is 2.60. The minimum Gasteiger partial charge on any atom is -0.455 e. The Balaban J connectivity index is 1.99. The first-order chi connectivity index (χ1) is 9.48. The number of cyclic esters (lactones) is 1. The van der Waals surface area contributed by atoms with Crippen molar-refractivity contribution in [2.24, 2.45) is 10.8 Å². The lowest BCUT2D eigenvalue weighted by Gasteiger charge is -2.47. The Morgan fingerprint density at radius 1 is 1.20 bits per heavy atom. The molecule has 1 aromatic heterocycles. The van der Waals surface area contributed by atoms with Gasteiger partial charge >= 0.3 is 5.97 Å². The molecule has 0 bridgehead atoms. The minimum absolute atomic E-state index is 0.0827. The maximum Gasteiger partial charge on any atom is 0.320 e. The molecule has 2 heterocycles. The van der Waals surface area contributed by atoms with Gasteiger partial charge in [-0.25, -0.2) is 0 Å². The molecular formula is C16H20O3S. The summed E-state index contributed by atoms with van der Waals surface area (Å²) in [6.45, 7) is 3.84. The van der Waals surface area contributed by atoms with E-state index >= 15 is 0 Å². The van der Waals surface area contributed by atoms with Gasteiger partial charge in [-0.1, -0.05) is 25.3 Å². The van der Waals surface area contributed by atoms with Gasteiger partial charge in [-0.15, -0.1) is 11.3 Å². The van der Waals surface area contributed by atoms with Crippen molar-refractivity contribution >= 4 is 23.1 Å². The van der Waals surface area contributed by atoms with E-state index in [4.69, 9.17) is 4.74 Å². The summed E-state index contributed by atoms with van der Waals surface area (Å²) in [4.78, 5) is 26.5. The third-order valence-electron chi connectivity index (χ3n) is 4.80. The number of rotatable bonds is 1. The van der Waals surface area contributed by atoms with Gasteiger partial charge in [0.1, 0.15) is 11.5 Å². The predicted molar refractivity (Wildman–Crippen MR) is 77.5 cm³/mol. The molecule has 1 spiro atoms. The van der Waals surface area contributed by atoms with Crippen LogP contribution >= 0.6 is 11.3 Å². The zero-order valence-electron chi connectivity index (χ0n) is 12.0. The van der Waals surface area contributed by atoms with E-state index in [9.17, 15) is 9.59 Å². The molecule has 1 aliphatic carbocycles. The number of ether oxygens (including phenoxy) is 1. The van der Waals surface area contributed by atoms with Crippen LogP contribution < -0.4 is 0 Å². The van der Waals surface area contributed by atoms with Crippen LogP contribution in [0, 0.1) is 10.8 Å². The number of carbonyl (C=O) groups is 2. The topological polar surface area (TPSA) is 43.4 Å². The first kappa shape index (κ1) is 13.8. The van der Waals surface area contributed by atoms with Gasteiger partial charge in [-0.05, 0) is 38.1 Å². The van der Waals surface area contributed by atoms with Gasteiger partial charge in [0.15, 0.2) is 5.78 Å². The standard InChI is InChI=1S/C16H20O3S/c1-15(2)12(11-7-6-10-20-11)19-14(18)16(13(15)17)8-4-3-5-9-16/h6-7,10,12H,3-5,8-9H2,1-2H3. The van der Waals surface area contributed by atoms with Gasteiger partial charge in [0.05, 0.1) is 5.41 Å². The van der Waals surface area contributed by atoms with E-state index in [1.807, 2.05) is 31.4 Å². The van der Waals surface area contributed by atoms with E-state index in [1.54, 1.807) is 11.3 Å². The molecule has 0 N–H and O–H groups in total. The summed E-state index contributed by atoms with van der Waals surface area (Å²) in [5, 5.41) is 1.95. The maximum atomic E-state index is 13.0. The Morgan fingerprint density at radius 3 is 2.50 bits per heavy atom. The number of ketones is 1. The van der Waals surface area contributed by atoms with Crippen LogP contribution in [-0.4, -0.2) is 11.8 Å². The van der Waals surface area contributed by atoms with Gasteiger partial charge in [-0.3, -0.25) is 9.59 Å². The monoisotopic (exact) mass is 292 g/mol. The Hall–Kier alpha value is -1.16. The van der Waals surface area contributed by atoms with E-state index in [-0.39, 0.29) is 11.8 Å². The lowest BCUT2D eigenvalue weighted by atomic mass is 9.61. The first-order valence-corrected chi connectivity index (χ1v) is 8.16. The molecule has 3 nitrogen and oxygen atoms in total. The predicted octanol–water partition coefficient (Wildman–Crippen LogP) is 3.89. The van der Waals surface area contributed by atoms with Gasteiger partial charge in [0, 0.05) is 4.88 Å². The Morgan fingerprint density at radius 2 is 1.90 bits per heavy atom. The van der Waals surface area contributed by atoms with Crippen LogP contribution in [-0.2, 0) is 14.3 Å². The highest BCUT2D eigenvalue weighted by molar-refractivity contribution is 7.10. The Bertz CT molecular complexity index is 524. The molecule has 4 heteroatoms. The molecule has 1 unspecified atom stereocenters. The highest BCUT2D eigenvalue weighted by atomic mass is 32.1. The molecule has 2 aliphatic rings. The lowest BCUT2D eigenvalue weighted by molar-refractivity contribution is -0.191. The lowest BCUT2D eigenvalue weighted by Crippen LogP contribution is -2.55. The summed E-state index contributed by atoms with van der Waals surface area (Å²) in [7, 11) is 0. The summed E-state index contributed by atoms with van der Waals surface area (Å²) in [5.74, 6) is -0.209. The van der Waals surface area contributed by atoms with Crippen LogP contribution in [0.15, 0.2) is 17.5 Å². The first-order valence-electron chi connectivity index (χ1n) is 7.28. The number of Topliss-reactive ketones (excluding diaryl/α,β-unsaturated/α-hetero) is 1. The molecule has 0 radical (unpaired) electrons. The summed E-state index contributed by atoms with van der Waals surface area (Å²) in [6, 6.07) is 3.87. The normalized spacial score (nSPS) is 28.4. The van der Waals surface area contributed by atoms with Crippen LogP contribution in [0.1, 0.15) is 56.9 Å². The average molecular weight is 292 g/mol. The quantitative estimate of drug-likeness (QED) is 0.582. The molecule has 0 amide bonds. The zero-order valence-corrected chi connectivity index (χ0v) is 12.8. The SMILES string of the molecule is CC1(C)C(=O)C2(CCCCC2)C(=O)OC1c1cccs1. The van der Waals surface area contributed by atoms with Crippen LogP contribution in [0.3, 0.4) is 0 Å². The molecule has 1 saturated carbocycles. The molecule has 1 aliphatic heterocycles. The van der Waals surface area contributed by atoms with E-state index in [1.165, 1.54) is 0 Å². The molecule has 108 valence electrons. The Kier molecular flexibility index (Phi) is 3.24. The summed E-state index contributed by atoms with van der Waals surface area (Å²) in [6.07, 6.45) is 3.88. The van der Waals surface area contributed by atoms with Crippen molar-refractivity contribution in [1.82, 2.24) is 0 Å². The van der Waals surface area contributed by atoms with Crippen molar-refractivity contribution in [2.75, 3.05) is 0 Å². The van der Waals surface area contributed by atoms with Crippen LogP contribution in [0.4, 0.5) is 0 Å². The minimum atomic E-state index is -0.866. The molecular weight excluding hydrogens is 272 g/mol. The fourth-order valence-corrected chi connectivity index (χ4v) is 4.57. The number of thiophene rings is 1. The van der Waals surface area contributed by atoms with Crippen molar-refractivity contribution in [2.45, 2.75) is 52.1 Å². The molecule has 1 atom stereocenters. The molecule has 0 aromatic carbocycles. The van der Waals surface area contributed by atoms with Crippen LogP contribution in [0.25, 0.3) is 0 Å². The zero-order chi connectivity index (χ0) is 14.4. The highest BCUT2D eigenvalue weighted by Crippen LogP contribution is 2.53.